The van der Waals surface area contributed by atoms with Gasteiger partial charge in [0.1, 0.15) is 0 Å². The van der Waals surface area contributed by atoms with Gasteiger partial charge in [0.25, 0.3) is 5.91 Å². The van der Waals surface area contributed by atoms with E-state index in [1.807, 2.05) is 27.0 Å². The van der Waals surface area contributed by atoms with Crippen LogP contribution in [-0.2, 0) is 7.05 Å². The Bertz CT molecular complexity index is 609. The van der Waals surface area contributed by atoms with Crippen molar-refractivity contribution in [1.82, 2.24) is 20.0 Å². The SMILES string of the molecule is Cc1nn(C)c(C)c1C(=O)Nc1cc(C(C)C)[nH]n1. The van der Waals surface area contributed by atoms with Gasteiger partial charge in [0.05, 0.1) is 11.3 Å². The topological polar surface area (TPSA) is 75.6 Å². The van der Waals surface area contributed by atoms with Crippen LogP contribution in [0, 0.1) is 13.8 Å². The Morgan fingerprint density at radius 3 is 2.58 bits per heavy atom. The van der Waals surface area contributed by atoms with Crippen LogP contribution in [0.2, 0.25) is 0 Å². The highest BCUT2D eigenvalue weighted by molar-refractivity contribution is 6.05. The third kappa shape index (κ3) is 2.52. The quantitative estimate of drug-likeness (QED) is 0.888. The molecule has 0 fully saturated rings. The van der Waals surface area contributed by atoms with Crippen molar-refractivity contribution in [2.24, 2.45) is 7.05 Å². The average molecular weight is 261 g/mol. The second-order valence-corrected chi connectivity index (χ2v) is 4.99. The molecule has 2 heterocycles. The van der Waals surface area contributed by atoms with Gasteiger partial charge in [-0.05, 0) is 19.8 Å². The number of hydrogen-bond acceptors (Lipinski definition) is 3. The van der Waals surface area contributed by atoms with E-state index >= 15 is 0 Å². The molecular formula is C13H19N5O. The summed E-state index contributed by atoms with van der Waals surface area (Å²) in [6.45, 7) is 7.83. The third-order valence-corrected chi connectivity index (χ3v) is 3.20. The Morgan fingerprint density at radius 1 is 1.42 bits per heavy atom. The van der Waals surface area contributed by atoms with Crippen LogP contribution >= 0.6 is 0 Å². The number of anilines is 1. The van der Waals surface area contributed by atoms with Crippen molar-refractivity contribution in [1.29, 1.82) is 0 Å². The molecule has 6 nitrogen and oxygen atoms in total. The van der Waals surface area contributed by atoms with Crippen LogP contribution < -0.4 is 5.32 Å². The maximum atomic E-state index is 12.2. The van der Waals surface area contributed by atoms with Gasteiger partial charge in [-0.2, -0.15) is 10.2 Å². The maximum Gasteiger partial charge on any atom is 0.260 e. The number of amides is 1. The fourth-order valence-electron chi connectivity index (χ4n) is 1.98. The number of hydrogen-bond donors (Lipinski definition) is 2. The number of rotatable bonds is 3. The molecule has 0 radical (unpaired) electrons. The number of carbonyl (C=O) groups excluding carboxylic acids is 1. The molecule has 0 saturated carbocycles. The van der Waals surface area contributed by atoms with E-state index in [1.54, 1.807) is 4.68 Å². The molecule has 0 aliphatic rings. The van der Waals surface area contributed by atoms with Gasteiger partial charge in [0.2, 0.25) is 0 Å². The zero-order valence-corrected chi connectivity index (χ0v) is 11.9. The van der Waals surface area contributed by atoms with Crippen molar-refractivity contribution in [2.75, 3.05) is 5.32 Å². The molecule has 2 aromatic rings. The fourth-order valence-corrected chi connectivity index (χ4v) is 1.98. The van der Waals surface area contributed by atoms with Gasteiger partial charge in [0, 0.05) is 24.5 Å². The van der Waals surface area contributed by atoms with Crippen molar-refractivity contribution in [3.8, 4) is 0 Å². The summed E-state index contributed by atoms with van der Waals surface area (Å²) < 4.78 is 1.70. The van der Waals surface area contributed by atoms with E-state index in [9.17, 15) is 4.79 Å². The van der Waals surface area contributed by atoms with E-state index in [4.69, 9.17) is 0 Å². The summed E-state index contributed by atoms with van der Waals surface area (Å²) in [5.41, 5.74) is 3.17. The zero-order valence-electron chi connectivity index (χ0n) is 11.9. The minimum atomic E-state index is -0.176. The van der Waals surface area contributed by atoms with Gasteiger partial charge in [0.15, 0.2) is 5.82 Å². The molecule has 0 unspecified atom stereocenters. The lowest BCUT2D eigenvalue weighted by Gasteiger charge is -2.02. The highest BCUT2D eigenvalue weighted by Gasteiger charge is 2.18. The summed E-state index contributed by atoms with van der Waals surface area (Å²) in [6, 6.07) is 1.85. The molecule has 1 amide bonds. The van der Waals surface area contributed by atoms with Crippen molar-refractivity contribution in [3.05, 3.63) is 28.7 Å². The van der Waals surface area contributed by atoms with Gasteiger partial charge >= 0.3 is 0 Å². The first kappa shape index (κ1) is 13.3. The zero-order chi connectivity index (χ0) is 14.2. The van der Waals surface area contributed by atoms with E-state index in [0.717, 1.165) is 17.1 Å². The smallest absolute Gasteiger partial charge is 0.260 e. The summed E-state index contributed by atoms with van der Waals surface area (Å²) in [6.07, 6.45) is 0. The second-order valence-electron chi connectivity index (χ2n) is 4.99. The number of aromatic nitrogens is 4. The average Bonchev–Trinajstić information content (AvgIpc) is 2.85. The normalized spacial score (nSPS) is 11.1. The molecule has 0 saturated heterocycles. The molecule has 0 aliphatic heterocycles. The predicted molar refractivity (Wildman–Crippen MR) is 73.3 cm³/mol. The Morgan fingerprint density at radius 2 is 2.11 bits per heavy atom. The molecular weight excluding hydrogens is 242 g/mol. The summed E-state index contributed by atoms with van der Waals surface area (Å²) >= 11 is 0. The van der Waals surface area contributed by atoms with Gasteiger partial charge in [-0.15, -0.1) is 0 Å². The maximum absolute atomic E-state index is 12.2. The minimum Gasteiger partial charge on any atom is -0.305 e. The minimum absolute atomic E-state index is 0.176. The first-order chi connectivity index (χ1) is 8.90. The number of nitrogens with zero attached hydrogens (tertiary/aromatic N) is 3. The van der Waals surface area contributed by atoms with Gasteiger partial charge in [-0.25, -0.2) is 0 Å². The molecule has 2 rings (SSSR count). The van der Waals surface area contributed by atoms with Crippen LogP contribution in [0.25, 0.3) is 0 Å². The highest BCUT2D eigenvalue weighted by atomic mass is 16.1. The summed E-state index contributed by atoms with van der Waals surface area (Å²) in [4.78, 5) is 12.2. The fraction of sp³-hybridized carbons (Fsp3) is 0.462. The van der Waals surface area contributed by atoms with Crippen LogP contribution in [0.5, 0.6) is 0 Å². The van der Waals surface area contributed by atoms with Crippen LogP contribution in [0.15, 0.2) is 6.07 Å². The molecule has 0 aliphatic carbocycles. The number of H-pyrrole nitrogens is 1. The Balaban J connectivity index is 2.21. The first-order valence-electron chi connectivity index (χ1n) is 6.27. The van der Waals surface area contributed by atoms with Gasteiger partial charge in [-0.1, -0.05) is 13.8 Å². The third-order valence-electron chi connectivity index (χ3n) is 3.20. The van der Waals surface area contributed by atoms with Crippen molar-refractivity contribution in [2.45, 2.75) is 33.6 Å². The van der Waals surface area contributed by atoms with E-state index in [2.05, 4.69) is 34.5 Å². The molecule has 2 aromatic heterocycles. The van der Waals surface area contributed by atoms with E-state index in [1.165, 1.54) is 0 Å². The standard InChI is InChI=1S/C13H19N5O/c1-7(2)10-6-11(16-15-10)14-13(19)12-8(3)17-18(5)9(12)4/h6-7H,1-5H3,(H2,14,15,16,19). The van der Waals surface area contributed by atoms with Crippen LogP contribution in [0.3, 0.4) is 0 Å². The molecule has 2 N–H and O–H groups in total. The lowest BCUT2D eigenvalue weighted by molar-refractivity contribution is 0.102. The lowest BCUT2D eigenvalue weighted by Crippen LogP contribution is -2.14. The number of aromatic amines is 1. The second kappa shape index (κ2) is 4.87. The molecule has 0 atom stereocenters. The van der Waals surface area contributed by atoms with Gasteiger partial charge < -0.3 is 5.32 Å². The largest absolute Gasteiger partial charge is 0.305 e. The van der Waals surface area contributed by atoms with E-state index in [-0.39, 0.29) is 5.91 Å². The van der Waals surface area contributed by atoms with Crippen molar-refractivity contribution >= 4 is 11.7 Å². The molecule has 0 aromatic carbocycles. The number of aryl methyl sites for hydroxylation is 2. The van der Waals surface area contributed by atoms with Gasteiger partial charge in [-0.3, -0.25) is 14.6 Å². The van der Waals surface area contributed by atoms with Crippen LogP contribution in [-0.4, -0.2) is 25.9 Å². The van der Waals surface area contributed by atoms with E-state index < -0.39 is 0 Å². The first-order valence-corrected chi connectivity index (χ1v) is 6.27. The molecule has 102 valence electrons. The van der Waals surface area contributed by atoms with Crippen molar-refractivity contribution < 1.29 is 4.79 Å². The predicted octanol–water partition coefficient (Wildman–Crippen LogP) is 2.14. The summed E-state index contributed by atoms with van der Waals surface area (Å²) in [7, 11) is 1.82. The molecule has 0 spiro atoms. The lowest BCUT2D eigenvalue weighted by atomic mass is 10.1. The Kier molecular flexibility index (Phi) is 3.42. The van der Waals surface area contributed by atoms with Crippen LogP contribution in [0.1, 0.15) is 47.2 Å². The number of nitrogens with one attached hydrogen (secondary N) is 2. The van der Waals surface area contributed by atoms with E-state index in [0.29, 0.717) is 17.3 Å². The van der Waals surface area contributed by atoms with Crippen LogP contribution in [0.4, 0.5) is 5.82 Å². The molecule has 6 heteroatoms. The molecule has 19 heavy (non-hydrogen) atoms. The number of carbonyl (C=O) groups is 1. The Hall–Kier alpha value is -2.11. The summed E-state index contributed by atoms with van der Waals surface area (Å²) in [5.74, 6) is 0.710. The van der Waals surface area contributed by atoms with Crippen molar-refractivity contribution in [3.63, 3.8) is 0 Å². The highest BCUT2D eigenvalue weighted by Crippen LogP contribution is 2.17. The molecule has 0 bridgehead atoms. The summed E-state index contributed by atoms with van der Waals surface area (Å²) in [5, 5.41) is 14.0. The monoisotopic (exact) mass is 261 g/mol. The Labute approximate surface area is 112 Å².